The van der Waals surface area contributed by atoms with E-state index in [1.165, 1.54) is 17.0 Å². The van der Waals surface area contributed by atoms with Crippen molar-refractivity contribution in [2.24, 2.45) is 0 Å². The van der Waals surface area contributed by atoms with Crippen molar-refractivity contribution >= 4 is 23.2 Å². The second kappa shape index (κ2) is 10.0. The summed E-state index contributed by atoms with van der Waals surface area (Å²) in [6.07, 6.45) is 3.15. The quantitative estimate of drug-likeness (QED) is 0.488. The zero-order valence-corrected chi connectivity index (χ0v) is 17.4. The molecule has 0 N–H and O–H groups in total. The van der Waals surface area contributed by atoms with Gasteiger partial charge in [0, 0.05) is 26.0 Å². The highest BCUT2D eigenvalue weighted by molar-refractivity contribution is 7.16. The molecule has 0 aliphatic carbocycles. The first-order valence-corrected chi connectivity index (χ1v) is 9.85. The van der Waals surface area contributed by atoms with Gasteiger partial charge in [0.2, 0.25) is 0 Å². The van der Waals surface area contributed by atoms with Gasteiger partial charge in [0.05, 0.1) is 5.69 Å². The number of carbonyl (C=O) groups excluding carboxylic acids is 2. The molecule has 0 saturated heterocycles. The van der Waals surface area contributed by atoms with Crippen molar-refractivity contribution in [3.8, 4) is 16.6 Å². The van der Waals surface area contributed by atoms with E-state index in [2.05, 4.69) is 19.7 Å². The summed E-state index contributed by atoms with van der Waals surface area (Å²) in [7, 11) is 1.54. The third kappa shape index (κ3) is 6.01. The average Bonchev–Trinajstić information content (AvgIpc) is 3.15. The van der Waals surface area contributed by atoms with Crippen LogP contribution in [0.25, 0.3) is 10.8 Å². The summed E-state index contributed by atoms with van der Waals surface area (Å²) < 4.78 is 33.8. The summed E-state index contributed by atoms with van der Waals surface area (Å²) >= 11 is 1.09. The fraction of sp³-hybridized carbons (Fsp3) is 0.250. The maximum atomic E-state index is 12.4. The second-order valence-electron chi connectivity index (χ2n) is 6.35. The molecule has 1 amide bonds. The molecule has 0 unspecified atom stereocenters. The lowest BCUT2D eigenvalue weighted by Gasteiger charge is -2.17. The van der Waals surface area contributed by atoms with Gasteiger partial charge in [-0.2, -0.15) is 8.78 Å². The number of alkyl halides is 2. The molecule has 1 aromatic carbocycles. The number of rotatable bonds is 8. The highest BCUT2D eigenvalue weighted by Crippen LogP contribution is 2.25. The summed E-state index contributed by atoms with van der Waals surface area (Å²) in [5.74, 6) is -0.653. The van der Waals surface area contributed by atoms with Gasteiger partial charge in [-0.15, -0.1) is 11.3 Å². The molecule has 162 valence electrons. The second-order valence-corrected chi connectivity index (χ2v) is 7.35. The molecule has 0 saturated carbocycles. The van der Waals surface area contributed by atoms with Crippen LogP contribution in [0, 0.1) is 6.92 Å². The number of thiazole rings is 1. The van der Waals surface area contributed by atoms with Crippen LogP contribution in [0.1, 0.15) is 20.9 Å². The molecule has 11 heteroatoms. The summed E-state index contributed by atoms with van der Waals surface area (Å²) in [4.78, 5) is 38.8. The molecule has 3 rings (SSSR count). The van der Waals surface area contributed by atoms with Crippen LogP contribution in [0.3, 0.4) is 0 Å². The van der Waals surface area contributed by atoms with Crippen molar-refractivity contribution in [3.05, 3.63) is 58.9 Å². The molecule has 0 atom stereocenters. The van der Waals surface area contributed by atoms with E-state index in [0.717, 1.165) is 11.3 Å². The average molecular weight is 448 g/mol. The Morgan fingerprint density at radius 3 is 2.48 bits per heavy atom. The molecule has 0 radical (unpaired) electrons. The van der Waals surface area contributed by atoms with Gasteiger partial charge < -0.3 is 14.4 Å². The maximum Gasteiger partial charge on any atom is 0.387 e. The molecule has 8 nitrogen and oxygen atoms in total. The molecular weight excluding hydrogens is 430 g/mol. The number of hydrogen-bond acceptors (Lipinski definition) is 8. The number of hydrogen-bond donors (Lipinski definition) is 0. The van der Waals surface area contributed by atoms with Crippen molar-refractivity contribution in [1.82, 2.24) is 19.9 Å². The van der Waals surface area contributed by atoms with Gasteiger partial charge in [-0.25, -0.2) is 19.7 Å². The van der Waals surface area contributed by atoms with E-state index in [0.29, 0.717) is 22.1 Å². The Labute approximate surface area is 180 Å². The normalized spacial score (nSPS) is 10.7. The highest BCUT2D eigenvalue weighted by Gasteiger charge is 2.20. The van der Waals surface area contributed by atoms with E-state index in [-0.39, 0.29) is 17.2 Å². The van der Waals surface area contributed by atoms with Crippen LogP contribution in [-0.2, 0) is 16.1 Å². The first kappa shape index (κ1) is 22.2. The smallest absolute Gasteiger partial charge is 0.387 e. The summed E-state index contributed by atoms with van der Waals surface area (Å²) in [6, 6.07) is 7.59. The first-order valence-electron chi connectivity index (χ1n) is 9.03. The molecule has 2 heterocycles. The maximum absolute atomic E-state index is 12.4. The van der Waals surface area contributed by atoms with Crippen molar-refractivity contribution in [1.29, 1.82) is 0 Å². The van der Waals surface area contributed by atoms with E-state index >= 15 is 0 Å². The molecule has 0 aliphatic heterocycles. The number of benzene rings is 1. The molecule has 0 aliphatic rings. The third-order valence-corrected chi connectivity index (χ3v) is 5.19. The van der Waals surface area contributed by atoms with Gasteiger partial charge in [0.25, 0.3) is 5.91 Å². The number of amides is 1. The van der Waals surface area contributed by atoms with Crippen molar-refractivity contribution in [2.75, 3.05) is 13.7 Å². The summed E-state index contributed by atoms with van der Waals surface area (Å²) in [6.45, 7) is -1.48. The Kier molecular flexibility index (Phi) is 7.19. The van der Waals surface area contributed by atoms with E-state index in [4.69, 9.17) is 4.74 Å². The van der Waals surface area contributed by atoms with Crippen LogP contribution in [-0.4, -0.2) is 52.0 Å². The number of aryl methyl sites for hydroxylation is 1. The van der Waals surface area contributed by atoms with Crippen molar-refractivity contribution in [2.45, 2.75) is 20.1 Å². The van der Waals surface area contributed by atoms with Gasteiger partial charge in [0.15, 0.2) is 17.4 Å². The van der Waals surface area contributed by atoms with Gasteiger partial charge in [-0.1, -0.05) is 12.1 Å². The molecule has 31 heavy (non-hydrogen) atoms. The summed E-state index contributed by atoms with van der Waals surface area (Å²) in [5.41, 5.74) is 1.17. The number of carbonyl (C=O) groups is 2. The zero-order chi connectivity index (χ0) is 22.4. The van der Waals surface area contributed by atoms with Crippen LogP contribution in [0.15, 0.2) is 42.7 Å². The van der Waals surface area contributed by atoms with Crippen molar-refractivity contribution < 1.29 is 27.8 Å². The number of esters is 1. The zero-order valence-electron chi connectivity index (χ0n) is 16.6. The minimum absolute atomic E-state index is 0.0295. The minimum atomic E-state index is -2.90. The Morgan fingerprint density at radius 2 is 1.84 bits per heavy atom. The fourth-order valence-corrected chi connectivity index (χ4v) is 3.44. The van der Waals surface area contributed by atoms with Crippen LogP contribution in [0.4, 0.5) is 8.78 Å². The van der Waals surface area contributed by atoms with Gasteiger partial charge in [-0.05, 0) is 30.7 Å². The Balaban J connectivity index is 1.54. The monoisotopic (exact) mass is 448 g/mol. The van der Waals surface area contributed by atoms with Crippen LogP contribution in [0.5, 0.6) is 5.75 Å². The number of halogens is 2. The van der Waals surface area contributed by atoms with Crippen LogP contribution >= 0.6 is 11.3 Å². The molecule has 0 fully saturated rings. The van der Waals surface area contributed by atoms with Crippen molar-refractivity contribution in [3.63, 3.8) is 0 Å². The lowest BCUT2D eigenvalue weighted by Crippen LogP contribution is -2.30. The molecule has 0 bridgehead atoms. The van der Waals surface area contributed by atoms with E-state index in [1.54, 1.807) is 44.6 Å². The number of likely N-dealkylation sites (N-methyl/N-ethyl adjacent to an activating group) is 1. The fourth-order valence-electron chi connectivity index (χ4n) is 2.53. The van der Waals surface area contributed by atoms with Gasteiger partial charge >= 0.3 is 12.6 Å². The summed E-state index contributed by atoms with van der Waals surface area (Å²) in [5, 5.41) is 0.479. The van der Waals surface area contributed by atoms with E-state index < -0.39 is 25.1 Å². The van der Waals surface area contributed by atoms with Gasteiger partial charge in [0.1, 0.15) is 10.6 Å². The number of nitrogens with zero attached hydrogens (tertiary/aromatic N) is 4. The molecular formula is C20H18F2N4O4S. The van der Waals surface area contributed by atoms with E-state index in [9.17, 15) is 18.4 Å². The Bertz CT molecular complexity index is 1050. The minimum Gasteiger partial charge on any atom is -0.451 e. The largest absolute Gasteiger partial charge is 0.451 e. The topological polar surface area (TPSA) is 94.5 Å². The first-order chi connectivity index (χ1) is 14.8. The van der Waals surface area contributed by atoms with Crippen LogP contribution in [0.2, 0.25) is 0 Å². The molecule has 2 aromatic heterocycles. The van der Waals surface area contributed by atoms with E-state index in [1.807, 2.05) is 0 Å². The van der Waals surface area contributed by atoms with Crippen LogP contribution < -0.4 is 4.74 Å². The van der Waals surface area contributed by atoms with Gasteiger partial charge in [-0.3, -0.25) is 4.79 Å². The molecule has 3 aromatic rings. The number of aromatic nitrogens is 3. The predicted molar refractivity (Wildman–Crippen MR) is 108 cm³/mol. The lowest BCUT2D eigenvalue weighted by atomic mass is 10.2. The lowest BCUT2D eigenvalue weighted by molar-refractivity contribution is -0.133. The Hall–Kier alpha value is -3.47. The highest BCUT2D eigenvalue weighted by atomic mass is 32.1. The predicted octanol–water partition coefficient (Wildman–Crippen LogP) is 3.33. The number of ether oxygens (including phenoxy) is 2. The standard InChI is InChI=1S/C20H18F2N4O4S/c1-12-16(31-18(25-12)17-23-8-3-9-24-17)19(28)29-11-15(27)26(2)10-13-4-6-14(7-5-13)30-20(21)22/h3-9,20H,10-11H2,1-2H3. The third-order valence-electron chi connectivity index (χ3n) is 4.06. The Morgan fingerprint density at radius 1 is 1.16 bits per heavy atom. The SMILES string of the molecule is Cc1nc(-c2ncccn2)sc1C(=O)OCC(=O)N(C)Cc1ccc(OC(F)F)cc1. The molecule has 0 spiro atoms.